The molecule has 0 aliphatic heterocycles. The van der Waals surface area contributed by atoms with Crippen molar-refractivity contribution >= 4 is 5.91 Å². The third-order valence-corrected chi connectivity index (χ3v) is 10.4. The number of carbonyl (C=O) groups is 1. The van der Waals surface area contributed by atoms with Crippen LogP contribution in [-0.4, -0.2) is 34.9 Å². The average molecular weight is 704 g/mol. The number of allylic oxidation sites excluding steroid dienone is 3. The summed E-state index contributed by atoms with van der Waals surface area (Å²) in [4.78, 5) is 12.4. The van der Waals surface area contributed by atoms with E-state index in [1.807, 2.05) is 6.08 Å². The molecule has 2 unspecified atom stereocenters. The summed E-state index contributed by atoms with van der Waals surface area (Å²) in [6.07, 6.45) is 54.4. The molecule has 296 valence electrons. The first-order valence-corrected chi connectivity index (χ1v) is 22.6. The van der Waals surface area contributed by atoms with Crippen molar-refractivity contribution in [3.63, 3.8) is 0 Å². The van der Waals surface area contributed by atoms with Crippen molar-refractivity contribution in [2.75, 3.05) is 6.61 Å². The second kappa shape index (κ2) is 42.3. The lowest BCUT2D eigenvalue weighted by Gasteiger charge is -2.19. The topological polar surface area (TPSA) is 69.6 Å². The summed E-state index contributed by atoms with van der Waals surface area (Å²) in [5, 5.41) is 23.0. The molecule has 0 aromatic carbocycles. The van der Waals surface area contributed by atoms with E-state index in [4.69, 9.17) is 0 Å². The predicted octanol–water partition coefficient (Wildman–Crippen LogP) is 14.0. The minimum absolute atomic E-state index is 0.0709. The SMILES string of the molecule is CCCCCCCCCCCCCCCCCCC/C=C/CC/C=C/C(O)C(CO)NC(=O)CCCCCCCCCCCCCCCCC. The number of carbonyl (C=O) groups excluding carboxylic acids is 1. The molecule has 2 atom stereocenters. The molecule has 4 heteroatoms. The monoisotopic (exact) mass is 704 g/mol. The number of aliphatic hydroxyl groups is 2. The molecule has 0 rings (SSSR count). The van der Waals surface area contributed by atoms with Gasteiger partial charge in [0.15, 0.2) is 0 Å². The van der Waals surface area contributed by atoms with E-state index in [0.29, 0.717) is 6.42 Å². The van der Waals surface area contributed by atoms with Crippen LogP contribution in [0.4, 0.5) is 0 Å². The molecule has 3 N–H and O–H groups in total. The van der Waals surface area contributed by atoms with Crippen LogP contribution in [0, 0.1) is 0 Å². The van der Waals surface area contributed by atoms with E-state index in [-0.39, 0.29) is 12.5 Å². The number of unbranched alkanes of at least 4 members (excludes halogenated alkanes) is 32. The normalized spacial score (nSPS) is 13.1. The molecule has 4 nitrogen and oxygen atoms in total. The van der Waals surface area contributed by atoms with E-state index in [9.17, 15) is 15.0 Å². The molecule has 0 aromatic heterocycles. The highest BCUT2D eigenvalue weighted by Gasteiger charge is 2.17. The molecular formula is C46H89NO3. The fourth-order valence-corrected chi connectivity index (χ4v) is 6.96. The first kappa shape index (κ1) is 48.9. The Bertz CT molecular complexity index is 720. The molecule has 0 bridgehead atoms. The van der Waals surface area contributed by atoms with Crippen LogP contribution >= 0.6 is 0 Å². The van der Waals surface area contributed by atoms with Gasteiger partial charge in [0.1, 0.15) is 0 Å². The summed E-state index contributed by atoms with van der Waals surface area (Å²) in [7, 11) is 0. The molecular weight excluding hydrogens is 615 g/mol. The van der Waals surface area contributed by atoms with Gasteiger partial charge in [-0.15, -0.1) is 0 Å². The minimum Gasteiger partial charge on any atom is -0.394 e. The molecule has 0 heterocycles. The van der Waals surface area contributed by atoms with Gasteiger partial charge in [0, 0.05) is 6.42 Å². The Balaban J connectivity index is 3.57. The zero-order chi connectivity index (χ0) is 36.4. The van der Waals surface area contributed by atoms with Gasteiger partial charge in [-0.1, -0.05) is 231 Å². The highest BCUT2D eigenvalue weighted by Crippen LogP contribution is 2.16. The van der Waals surface area contributed by atoms with Gasteiger partial charge in [0.2, 0.25) is 5.91 Å². The van der Waals surface area contributed by atoms with Crippen molar-refractivity contribution in [1.29, 1.82) is 0 Å². The zero-order valence-corrected chi connectivity index (χ0v) is 33.9. The van der Waals surface area contributed by atoms with Crippen LogP contribution in [0.15, 0.2) is 24.3 Å². The van der Waals surface area contributed by atoms with Gasteiger partial charge in [-0.3, -0.25) is 4.79 Å². The van der Waals surface area contributed by atoms with Gasteiger partial charge in [-0.05, 0) is 32.1 Å². The standard InChI is InChI=1S/C46H89NO3/c1-3-5-7-9-11-13-15-17-19-20-21-22-23-24-25-26-28-29-31-33-35-37-39-41-45(49)44(43-48)47-46(50)42-40-38-36-34-32-30-27-18-16-14-12-10-8-6-4-2/h31,33,39,41,44-45,48-49H,3-30,32,34-38,40,42-43H2,1-2H3,(H,47,50)/b33-31+,41-39+. The number of rotatable bonds is 41. The summed E-state index contributed by atoms with van der Waals surface area (Å²) >= 11 is 0. The van der Waals surface area contributed by atoms with Crippen molar-refractivity contribution in [2.45, 2.75) is 257 Å². The molecule has 1 amide bonds. The van der Waals surface area contributed by atoms with Crippen LogP contribution in [0.1, 0.15) is 245 Å². The number of aliphatic hydroxyl groups excluding tert-OH is 2. The third kappa shape index (κ3) is 38.1. The van der Waals surface area contributed by atoms with Crippen LogP contribution in [0.5, 0.6) is 0 Å². The highest BCUT2D eigenvalue weighted by atomic mass is 16.3. The van der Waals surface area contributed by atoms with Crippen molar-refractivity contribution in [3.05, 3.63) is 24.3 Å². The van der Waals surface area contributed by atoms with E-state index >= 15 is 0 Å². The second-order valence-electron chi connectivity index (χ2n) is 15.5. The summed E-state index contributed by atoms with van der Waals surface area (Å²) in [6.45, 7) is 4.31. The van der Waals surface area contributed by atoms with Gasteiger partial charge in [0.25, 0.3) is 0 Å². The minimum atomic E-state index is -0.858. The number of amides is 1. The molecule has 0 aromatic rings. The Morgan fingerprint density at radius 3 is 1.16 bits per heavy atom. The van der Waals surface area contributed by atoms with E-state index in [1.165, 1.54) is 193 Å². The maximum Gasteiger partial charge on any atom is 0.220 e. The van der Waals surface area contributed by atoms with E-state index in [2.05, 4.69) is 31.3 Å². The van der Waals surface area contributed by atoms with E-state index in [0.717, 1.165) is 32.1 Å². The fraction of sp³-hybridized carbons (Fsp3) is 0.891. The molecule has 0 saturated heterocycles. The summed E-state index contributed by atoms with van der Waals surface area (Å²) in [5.41, 5.74) is 0. The average Bonchev–Trinajstić information content (AvgIpc) is 3.12. The molecule has 0 saturated carbocycles. The van der Waals surface area contributed by atoms with Gasteiger partial charge < -0.3 is 15.5 Å². The number of hydrogen-bond acceptors (Lipinski definition) is 3. The number of hydrogen-bond donors (Lipinski definition) is 3. The molecule has 50 heavy (non-hydrogen) atoms. The van der Waals surface area contributed by atoms with Crippen LogP contribution in [-0.2, 0) is 4.79 Å². The summed E-state index contributed by atoms with van der Waals surface area (Å²) in [5.74, 6) is -0.0709. The van der Waals surface area contributed by atoms with Crippen molar-refractivity contribution in [3.8, 4) is 0 Å². The lowest BCUT2D eigenvalue weighted by Crippen LogP contribution is -2.45. The van der Waals surface area contributed by atoms with Gasteiger partial charge in [-0.2, -0.15) is 0 Å². The fourth-order valence-electron chi connectivity index (χ4n) is 6.96. The second-order valence-corrected chi connectivity index (χ2v) is 15.5. The highest BCUT2D eigenvalue weighted by molar-refractivity contribution is 5.76. The molecule has 0 radical (unpaired) electrons. The lowest BCUT2D eigenvalue weighted by molar-refractivity contribution is -0.123. The zero-order valence-electron chi connectivity index (χ0n) is 33.9. The van der Waals surface area contributed by atoms with Crippen LogP contribution < -0.4 is 5.32 Å². The van der Waals surface area contributed by atoms with Crippen LogP contribution in [0.25, 0.3) is 0 Å². The summed E-state index contributed by atoms with van der Waals surface area (Å²) in [6, 6.07) is -0.634. The first-order chi connectivity index (χ1) is 24.7. The smallest absolute Gasteiger partial charge is 0.220 e. The maximum absolute atomic E-state index is 12.4. The summed E-state index contributed by atoms with van der Waals surface area (Å²) < 4.78 is 0. The van der Waals surface area contributed by atoms with E-state index in [1.54, 1.807) is 6.08 Å². The number of nitrogens with one attached hydrogen (secondary N) is 1. The third-order valence-electron chi connectivity index (χ3n) is 10.4. The molecule has 0 aliphatic rings. The van der Waals surface area contributed by atoms with Crippen molar-refractivity contribution in [2.24, 2.45) is 0 Å². The molecule has 0 fully saturated rings. The Morgan fingerprint density at radius 2 is 0.780 bits per heavy atom. The van der Waals surface area contributed by atoms with Gasteiger partial charge in [0.05, 0.1) is 18.8 Å². The predicted molar refractivity (Wildman–Crippen MR) is 221 cm³/mol. The quantitative estimate of drug-likeness (QED) is 0.0438. The van der Waals surface area contributed by atoms with Gasteiger partial charge in [-0.25, -0.2) is 0 Å². The van der Waals surface area contributed by atoms with Crippen LogP contribution in [0.3, 0.4) is 0 Å². The Morgan fingerprint density at radius 1 is 0.460 bits per heavy atom. The van der Waals surface area contributed by atoms with Crippen molar-refractivity contribution in [1.82, 2.24) is 5.32 Å². The lowest BCUT2D eigenvalue weighted by atomic mass is 10.0. The molecule has 0 aliphatic carbocycles. The Labute approximate surface area is 313 Å². The first-order valence-electron chi connectivity index (χ1n) is 22.6. The van der Waals surface area contributed by atoms with E-state index < -0.39 is 12.1 Å². The largest absolute Gasteiger partial charge is 0.394 e. The van der Waals surface area contributed by atoms with Gasteiger partial charge >= 0.3 is 0 Å². The maximum atomic E-state index is 12.4. The Hall–Kier alpha value is -1.13. The van der Waals surface area contributed by atoms with Crippen molar-refractivity contribution < 1.29 is 15.0 Å². The van der Waals surface area contributed by atoms with Crippen LogP contribution in [0.2, 0.25) is 0 Å². The molecule has 0 spiro atoms. The Kier molecular flexibility index (Phi) is 41.3.